The van der Waals surface area contributed by atoms with Gasteiger partial charge in [-0.25, -0.2) is 4.90 Å². The monoisotopic (exact) mass is 391 g/mol. The number of halogens is 1. The Bertz CT molecular complexity index is 796. The Balaban J connectivity index is 2.29. The molecule has 1 atom stereocenters. The van der Waals surface area contributed by atoms with Crippen molar-refractivity contribution in [1.82, 2.24) is 4.90 Å². The molecule has 1 unspecified atom stereocenters. The van der Waals surface area contributed by atoms with Gasteiger partial charge in [-0.05, 0) is 52.8 Å². The first kappa shape index (κ1) is 21.0. The number of hydrogen-bond donors (Lipinski definition) is 1. The molecule has 3 amide bonds. The van der Waals surface area contributed by atoms with Crippen molar-refractivity contribution >= 4 is 40.7 Å². The minimum Gasteiger partial charge on any atom is -0.373 e. The standard InChI is InChI=1S/C20H26ClN3O3/c1-6-23(7-2)19(26)13(5)22-17-10-14(8-9-16(17)21)24-18(25)11-15(12(3)4)20(24)27/h8-10,13,22H,6-7,11H2,1-5H3. The van der Waals surface area contributed by atoms with Crippen LogP contribution < -0.4 is 10.2 Å². The lowest BCUT2D eigenvalue weighted by atomic mass is 10.1. The van der Waals surface area contributed by atoms with Gasteiger partial charge >= 0.3 is 0 Å². The van der Waals surface area contributed by atoms with Crippen molar-refractivity contribution in [2.24, 2.45) is 0 Å². The second-order valence-electron chi connectivity index (χ2n) is 6.73. The summed E-state index contributed by atoms with van der Waals surface area (Å²) in [6, 6.07) is 4.40. The molecule has 1 N–H and O–H groups in total. The maximum atomic E-state index is 12.6. The third-order valence-electron chi connectivity index (χ3n) is 4.67. The minimum absolute atomic E-state index is 0.0402. The molecule has 6 nitrogen and oxygen atoms in total. The molecule has 0 bridgehead atoms. The van der Waals surface area contributed by atoms with E-state index in [1.165, 1.54) is 4.90 Å². The average molecular weight is 392 g/mol. The number of nitrogens with zero attached hydrogens (tertiary/aromatic N) is 2. The molecular formula is C20H26ClN3O3. The molecule has 1 aromatic rings. The highest BCUT2D eigenvalue weighted by molar-refractivity contribution is 6.34. The molecule has 1 aliphatic heterocycles. The molecule has 0 aromatic heterocycles. The maximum absolute atomic E-state index is 12.6. The van der Waals surface area contributed by atoms with Crippen molar-refractivity contribution in [2.75, 3.05) is 23.3 Å². The number of likely N-dealkylation sites (N-methyl/N-ethyl adjacent to an activating group) is 1. The molecule has 0 saturated carbocycles. The number of imide groups is 1. The zero-order chi connectivity index (χ0) is 20.3. The Morgan fingerprint density at radius 3 is 2.41 bits per heavy atom. The van der Waals surface area contributed by atoms with E-state index in [9.17, 15) is 14.4 Å². The second kappa shape index (κ2) is 8.57. The smallest absolute Gasteiger partial charge is 0.261 e. The van der Waals surface area contributed by atoms with Gasteiger partial charge in [-0.1, -0.05) is 17.2 Å². The number of nitrogens with one attached hydrogen (secondary N) is 1. The van der Waals surface area contributed by atoms with Crippen LogP contribution in [0.4, 0.5) is 11.4 Å². The first-order chi connectivity index (χ1) is 12.7. The molecule has 1 heterocycles. The lowest BCUT2D eigenvalue weighted by molar-refractivity contribution is -0.131. The third kappa shape index (κ3) is 4.33. The van der Waals surface area contributed by atoms with Gasteiger partial charge in [0.1, 0.15) is 6.04 Å². The molecule has 1 saturated heterocycles. The molecule has 0 aliphatic carbocycles. The van der Waals surface area contributed by atoms with Gasteiger partial charge in [0.15, 0.2) is 0 Å². The molecule has 0 spiro atoms. The summed E-state index contributed by atoms with van der Waals surface area (Å²) in [7, 11) is 0. The number of anilines is 2. The summed E-state index contributed by atoms with van der Waals surface area (Å²) in [6.45, 7) is 10.5. The summed E-state index contributed by atoms with van der Waals surface area (Å²) < 4.78 is 0. The first-order valence-electron chi connectivity index (χ1n) is 9.09. The summed E-state index contributed by atoms with van der Waals surface area (Å²) in [5.41, 5.74) is 2.31. The predicted molar refractivity (Wildman–Crippen MR) is 108 cm³/mol. The fourth-order valence-corrected chi connectivity index (χ4v) is 3.25. The highest BCUT2D eigenvalue weighted by Crippen LogP contribution is 2.33. The lowest BCUT2D eigenvalue weighted by Crippen LogP contribution is -2.41. The first-order valence-corrected chi connectivity index (χ1v) is 9.47. The fourth-order valence-electron chi connectivity index (χ4n) is 3.07. The quantitative estimate of drug-likeness (QED) is 0.594. The fraction of sp³-hybridized carbons (Fsp3) is 0.450. The number of benzene rings is 1. The largest absolute Gasteiger partial charge is 0.373 e. The van der Waals surface area contributed by atoms with Crippen molar-refractivity contribution in [3.8, 4) is 0 Å². The number of amides is 3. The number of allylic oxidation sites excluding steroid dienone is 1. The Morgan fingerprint density at radius 2 is 1.89 bits per heavy atom. The Kier molecular flexibility index (Phi) is 6.65. The molecule has 0 radical (unpaired) electrons. The van der Waals surface area contributed by atoms with Crippen LogP contribution in [0, 0.1) is 0 Å². The zero-order valence-corrected chi connectivity index (χ0v) is 17.2. The lowest BCUT2D eigenvalue weighted by Gasteiger charge is -2.25. The summed E-state index contributed by atoms with van der Waals surface area (Å²) in [4.78, 5) is 40.3. The maximum Gasteiger partial charge on any atom is 0.261 e. The summed E-state index contributed by atoms with van der Waals surface area (Å²) in [5.74, 6) is -0.612. The van der Waals surface area contributed by atoms with Crippen LogP contribution in [-0.2, 0) is 14.4 Å². The highest BCUT2D eigenvalue weighted by Gasteiger charge is 2.35. The van der Waals surface area contributed by atoms with Crippen LogP contribution in [0.1, 0.15) is 41.0 Å². The van der Waals surface area contributed by atoms with Crippen molar-refractivity contribution in [3.05, 3.63) is 34.4 Å². The van der Waals surface area contributed by atoms with E-state index in [2.05, 4.69) is 5.32 Å². The molecule has 2 rings (SSSR count). The van der Waals surface area contributed by atoms with Gasteiger partial charge in [-0.3, -0.25) is 14.4 Å². The van der Waals surface area contributed by atoms with E-state index in [4.69, 9.17) is 11.6 Å². The Hall–Kier alpha value is -2.34. The van der Waals surface area contributed by atoms with E-state index in [-0.39, 0.29) is 24.1 Å². The molecule has 7 heteroatoms. The van der Waals surface area contributed by atoms with Crippen molar-refractivity contribution in [1.29, 1.82) is 0 Å². The SMILES string of the molecule is CCN(CC)C(=O)C(C)Nc1cc(N2C(=O)CC(=C(C)C)C2=O)ccc1Cl. The van der Waals surface area contributed by atoms with Gasteiger partial charge in [0.2, 0.25) is 11.8 Å². The van der Waals surface area contributed by atoms with Crippen LogP contribution in [0.25, 0.3) is 0 Å². The van der Waals surface area contributed by atoms with Crippen molar-refractivity contribution in [3.63, 3.8) is 0 Å². The average Bonchev–Trinajstić information content (AvgIpc) is 2.92. The Morgan fingerprint density at radius 1 is 1.26 bits per heavy atom. The summed E-state index contributed by atoms with van der Waals surface area (Å²) in [5, 5.41) is 3.52. The molecule has 1 aromatic carbocycles. The van der Waals surface area contributed by atoms with E-state index >= 15 is 0 Å². The topological polar surface area (TPSA) is 69.7 Å². The predicted octanol–water partition coefficient (Wildman–Crippen LogP) is 3.61. The van der Waals surface area contributed by atoms with E-state index < -0.39 is 6.04 Å². The van der Waals surface area contributed by atoms with Gasteiger partial charge in [0.05, 0.1) is 22.8 Å². The minimum atomic E-state index is -0.490. The van der Waals surface area contributed by atoms with Gasteiger partial charge in [0.25, 0.3) is 5.91 Å². The van der Waals surface area contributed by atoms with Crippen molar-refractivity contribution < 1.29 is 14.4 Å². The van der Waals surface area contributed by atoms with E-state index in [1.54, 1.807) is 30.0 Å². The van der Waals surface area contributed by atoms with E-state index in [0.29, 0.717) is 35.1 Å². The van der Waals surface area contributed by atoms with Crippen LogP contribution >= 0.6 is 11.6 Å². The van der Waals surface area contributed by atoms with Crippen molar-refractivity contribution in [2.45, 2.75) is 47.1 Å². The van der Waals surface area contributed by atoms with Gasteiger partial charge in [-0.15, -0.1) is 0 Å². The van der Waals surface area contributed by atoms with Crippen LogP contribution in [-0.4, -0.2) is 41.8 Å². The summed E-state index contributed by atoms with van der Waals surface area (Å²) >= 11 is 6.27. The van der Waals surface area contributed by atoms with E-state index in [1.807, 2.05) is 27.7 Å². The van der Waals surface area contributed by atoms with Gasteiger partial charge in [-0.2, -0.15) is 0 Å². The second-order valence-corrected chi connectivity index (χ2v) is 7.14. The number of hydrogen-bond acceptors (Lipinski definition) is 4. The number of carbonyl (C=O) groups excluding carboxylic acids is 3. The Labute approximate surface area is 165 Å². The summed E-state index contributed by atoms with van der Waals surface area (Å²) in [6.07, 6.45) is 0.101. The molecule has 1 fully saturated rings. The number of rotatable bonds is 6. The van der Waals surface area contributed by atoms with E-state index in [0.717, 1.165) is 5.57 Å². The van der Waals surface area contributed by atoms with Crippen LogP contribution in [0.3, 0.4) is 0 Å². The molecular weight excluding hydrogens is 366 g/mol. The molecule has 1 aliphatic rings. The third-order valence-corrected chi connectivity index (χ3v) is 5.00. The van der Waals surface area contributed by atoms with Crippen LogP contribution in [0.15, 0.2) is 29.3 Å². The van der Waals surface area contributed by atoms with Crippen LogP contribution in [0.2, 0.25) is 5.02 Å². The molecule has 146 valence electrons. The van der Waals surface area contributed by atoms with Crippen LogP contribution in [0.5, 0.6) is 0 Å². The van der Waals surface area contributed by atoms with Gasteiger partial charge in [0, 0.05) is 18.7 Å². The normalized spacial score (nSPS) is 15.2. The number of carbonyl (C=O) groups is 3. The highest BCUT2D eigenvalue weighted by atomic mass is 35.5. The van der Waals surface area contributed by atoms with Gasteiger partial charge < -0.3 is 10.2 Å². The molecule has 27 heavy (non-hydrogen) atoms. The zero-order valence-electron chi connectivity index (χ0n) is 16.4.